The first-order valence-electron chi connectivity index (χ1n) is 6.11. The molecule has 2 N–H and O–H groups in total. The molecule has 2 aromatic heterocycles. The maximum atomic E-state index is 11.6. The van der Waals surface area contributed by atoms with Crippen LogP contribution in [0.4, 0.5) is 5.95 Å². The number of anilines is 1. The molecule has 0 aliphatic carbocycles. The summed E-state index contributed by atoms with van der Waals surface area (Å²) in [6.45, 7) is 2.73. The molecule has 1 unspecified atom stereocenters. The van der Waals surface area contributed by atoms with Gasteiger partial charge in [-0.2, -0.15) is 4.98 Å². The molecule has 2 aromatic rings. The van der Waals surface area contributed by atoms with Crippen molar-refractivity contribution in [3.05, 3.63) is 23.9 Å². The van der Waals surface area contributed by atoms with Gasteiger partial charge in [0.2, 0.25) is 11.9 Å². The number of aryl methyl sites for hydroxylation is 1. The molecule has 1 atom stereocenters. The van der Waals surface area contributed by atoms with Gasteiger partial charge in [-0.3, -0.25) is 4.79 Å². The molecule has 1 saturated heterocycles. The molecular weight excluding hydrogens is 230 g/mol. The quantitative estimate of drug-likeness (QED) is 0.818. The Bertz CT molecular complexity index is 591. The molecule has 0 saturated carbocycles. The highest BCUT2D eigenvalue weighted by Crippen LogP contribution is 2.12. The summed E-state index contributed by atoms with van der Waals surface area (Å²) in [7, 11) is 0. The molecule has 1 amide bonds. The lowest BCUT2D eigenvalue weighted by molar-refractivity contribution is -0.123. The van der Waals surface area contributed by atoms with Crippen LogP contribution in [0.2, 0.25) is 0 Å². The average molecular weight is 245 g/mol. The standard InChI is InChI=1S/C12H15N5O/c1-8-4-2-6-10-15-12(16-17(8)10)14-9-5-3-7-13-11(9)18/h2,4,6,9H,3,5,7H2,1H3,(H,13,18)(H,14,16). The topological polar surface area (TPSA) is 71.3 Å². The van der Waals surface area contributed by atoms with Crippen molar-refractivity contribution in [1.82, 2.24) is 19.9 Å². The number of hydrogen-bond donors (Lipinski definition) is 2. The summed E-state index contributed by atoms with van der Waals surface area (Å²) < 4.78 is 1.77. The number of rotatable bonds is 2. The van der Waals surface area contributed by atoms with Crippen molar-refractivity contribution in [2.45, 2.75) is 25.8 Å². The molecule has 0 spiro atoms. The van der Waals surface area contributed by atoms with Crippen molar-refractivity contribution < 1.29 is 4.79 Å². The Balaban J connectivity index is 1.86. The fraction of sp³-hybridized carbons (Fsp3) is 0.417. The van der Waals surface area contributed by atoms with Gasteiger partial charge in [-0.1, -0.05) is 6.07 Å². The third-order valence-corrected chi connectivity index (χ3v) is 3.14. The molecule has 6 nitrogen and oxygen atoms in total. The molecular formula is C12H15N5O. The van der Waals surface area contributed by atoms with Crippen molar-refractivity contribution >= 4 is 17.5 Å². The minimum atomic E-state index is -0.225. The largest absolute Gasteiger partial charge is 0.354 e. The Labute approximate surface area is 104 Å². The van der Waals surface area contributed by atoms with E-state index in [2.05, 4.69) is 20.7 Å². The van der Waals surface area contributed by atoms with Gasteiger partial charge in [-0.05, 0) is 31.9 Å². The fourth-order valence-corrected chi connectivity index (χ4v) is 2.16. The number of carbonyl (C=O) groups excluding carboxylic acids is 1. The molecule has 6 heteroatoms. The van der Waals surface area contributed by atoms with Gasteiger partial charge in [0.25, 0.3) is 0 Å². The molecule has 1 aliphatic heterocycles. The van der Waals surface area contributed by atoms with E-state index >= 15 is 0 Å². The Morgan fingerprint density at radius 2 is 2.39 bits per heavy atom. The summed E-state index contributed by atoms with van der Waals surface area (Å²) in [4.78, 5) is 16.0. The van der Waals surface area contributed by atoms with Crippen LogP contribution in [0.1, 0.15) is 18.5 Å². The van der Waals surface area contributed by atoms with Gasteiger partial charge in [-0.25, -0.2) is 4.52 Å². The summed E-state index contributed by atoms with van der Waals surface area (Å²) in [6.07, 6.45) is 1.80. The molecule has 1 aliphatic rings. The number of carbonyl (C=O) groups is 1. The van der Waals surface area contributed by atoms with E-state index in [0.29, 0.717) is 5.95 Å². The summed E-state index contributed by atoms with van der Waals surface area (Å²) in [6, 6.07) is 5.58. The molecule has 3 heterocycles. The van der Waals surface area contributed by atoms with Gasteiger partial charge in [0.1, 0.15) is 6.04 Å². The van der Waals surface area contributed by atoms with Crippen LogP contribution < -0.4 is 10.6 Å². The minimum Gasteiger partial charge on any atom is -0.354 e. The number of pyridine rings is 1. The molecule has 94 valence electrons. The van der Waals surface area contributed by atoms with Crippen LogP contribution >= 0.6 is 0 Å². The molecule has 0 bridgehead atoms. The number of aromatic nitrogens is 3. The predicted molar refractivity (Wildman–Crippen MR) is 67.4 cm³/mol. The van der Waals surface area contributed by atoms with Crippen molar-refractivity contribution in [2.24, 2.45) is 0 Å². The van der Waals surface area contributed by atoms with E-state index in [-0.39, 0.29) is 11.9 Å². The molecule has 18 heavy (non-hydrogen) atoms. The van der Waals surface area contributed by atoms with E-state index in [0.717, 1.165) is 30.7 Å². The summed E-state index contributed by atoms with van der Waals surface area (Å²) >= 11 is 0. The van der Waals surface area contributed by atoms with E-state index in [1.807, 2.05) is 25.1 Å². The summed E-state index contributed by atoms with van der Waals surface area (Å²) in [5, 5.41) is 10.3. The Hall–Kier alpha value is -2.11. The Kier molecular flexibility index (Phi) is 2.62. The number of fused-ring (bicyclic) bond motifs is 1. The van der Waals surface area contributed by atoms with Crippen molar-refractivity contribution in [1.29, 1.82) is 0 Å². The fourth-order valence-electron chi connectivity index (χ4n) is 2.16. The third-order valence-electron chi connectivity index (χ3n) is 3.14. The van der Waals surface area contributed by atoms with Crippen LogP contribution in [0.15, 0.2) is 18.2 Å². The summed E-state index contributed by atoms with van der Waals surface area (Å²) in [5.74, 6) is 0.531. The lowest BCUT2D eigenvalue weighted by Crippen LogP contribution is -2.44. The second-order valence-corrected chi connectivity index (χ2v) is 4.50. The van der Waals surface area contributed by atoms with Crippen LogP contribution in [-0.4, -0.2) is 33.1 Å². The number of hydrogen-bond acceptors (Lipinski definition) is 4. The lowest BCUT2D eigenvalue weighted by Gasteiger charge is -2.21. The Morgan fingerprint density at radius 3 is 3.17 bits per heavy atom. The van der Waals surface area contributed by atoms with Gasteiger partial charge in [-0.15, -0.1) is 5.10 Å². The highest BCUT2D eigenvalue weighted by Gasteiger charge is 2.22. The van der Waals surface area contributed by atoms with Gasteiger partial charge >= 0.3 is 0 Å². The van der Waals surface area contributed by atoms with Crippen LogP contribution in [0.25, 0.3) is 5.65 Å². The zero-order valence-corrected chi connectivity index (χ0v) is 10.2. The van der Waals surface area contributed by atoms with Crippen molar-refractivity contribution in [3.63, 3.8) is 0 Å². The van der Waals surface area contributed by atoms with Crippen molar-refractivity contribution in [3.8, 4) is 0 Å². The highest BCUT2D eigenvalue weighted by molar-refractivity contribution is 5.84. The molecule has 3 rings (SSSR count). The zero-order chi connectivity index (χ0) is 12.5. The van der Waals surface area contributed by atoms with Crippen molar-refractivity contribution in [2.75, 3.05) is 11.9 Å². The van der Waals surface area contributed by atoms with Crippen LogP contribution in [0.5, 0.6) is 0 Å². The second kappa shape index (κ2) is 4.29. The van der Waals surface area contributed by atoms with Crippen LogP contribution in [-0.2, 0) is 4.79 Å². The molecule has 1 fully saturated rings. The normalized spacial score (nSPS) is 19.8. The van der Waals surface area contributed by atoms with E-state index in [4.69, 9.17) is 0 Å². The van der Waals surface area contributed by atoms with Gasteiger partial charge in [0.15, 0.2) is 5.65 Å². The first-order valence-corrected chi connectivity index (χ1v) is 6.11. The van der Waals surface area contributed by atoms with Crippen LogP contribution in [0, 0.1) is 6.92 Å². The maximum absolute atomic E-state index is 11.6. The van der Waals surface area contributed by atoms with Gasteiger partial charge in [0.05, 0.1) is 0 Å². The van der Waals surface area contributed by atoms with E-state index in [1.54, 1.807) is 4.52 Å². The maximum Gasteiger partial charge on any atom is 0.243 e. The first kappa shape index (κ1) is 11.0. The number of piperidine rings is 1. The summed E-state index contributed by atoms with van der Waals surface area (Å²) in [5.41, 5.74) is 1.80. The number of nitrogens with zero attached hydrogens (tertiary/aromatic N) is 3. The Morgan fingerprint density at radius 1 is 1.50 bits per heavy atom. The first-order chi connectivity index (χ1) is 8.74. The predicted octanol–water partition coefficient (Wildman–Crippen LogP) is 0.728. The number of amides is 1. The van der Waals surface area contributed by atoms with Gasteiger partial charge < -0.3 is 10.6 Å². The van der Waals surface area contributed by atoms with Gasteiger partial charge in [0, 0.05) is 12.2 Å². The lowest BCUT2D eigenvalue weighted by atomic mass is 10.1. The molecule has 0 radical (unpaired) electrons. The smallest absolute Gasteiger partial charge is 0.243 e. The van der Waals surface area contributed by atoms with E-state index in [9.17, 15) is 4.79 Å². The third kappa shape index (κ3) is 1.90. The molecule has 0 aromatic carbocycles. The highest BCUT2D eigenvalue weighted by atomic mass is 16.2. The second-order valence-electron chi connectivity index (χ2n) is 4.50. The monoisotopic (exact) mass is 245 g/mol. The average Bonchev–Trinajstić information content (AvgIpc) is 2.76. The van der Waals surface area contributed by atoms with E-state index < -0.39 is 0 Å². The minimum absolute atomic E-state index is 0.0248. The van der Waals surface area contributed by atoms with E-state index in [1.165, 1.54) is 0 Å². The SMILES string of the molecule is Cc1cccc2nc(NC3CCCNC3=O)nn12. The van der Waals surface area contributed by atoms with Crippen LogP contribution in [0.3, 0.4) is 0 Å². The number of nitrogens with one attached hydrogen (secondary N) is 2. The zero-order valence-electron chi connectivity index (χ0n) is 10.2.